The Balaban J connectivity index is 1.47. The van der Waals surface area contributed by atoms with E-state index in [2.05, 4.69) is 15.1 Å². The number of aliphatic hydroxyl groups is 3. The second-order valence-corrected chi connectivity index (χ2v) is 18.7. The number of hydrogen-bond donors (Lipinski definition) is 5. The summed E-state index contributed by atoms with van der Waals surface area (Å²) in [6, 6.07) is 3.54. The van der Waals surface area contributed by atoms with Gasteiger partial charge in [-0.2, -0.15) is 0 Å². The van der Waals surface area contributed by atoms with Crippen LogP contribution >= 0.6 is 0 Å². The largest absolute Gasteiger partial charge is 0.507 e. The minimum absolute atomic E-state index is 0.0391. The summed E-state index contributed by atoms with van der Waals surface area (Å²) in [7, 11) is 5.52. The number of aromatic nitrogens is 1. The van der Waals surface area contributed by atoms with Gasteiger partial charge in [0.2, 0.25) is 10.9 Å². The molecule has 17 nitrogen and oxygen atoms in total. The van der Waals surface area contributed by atoms with Crippen molar-refractivity contribution in [3.63, 3.8) is 0 Å². The number of rotatable bonds is 4. The number of aliphatic hydroxyl groups excluding tert-OH is 3. The van der Waals surface area contributed by atoms with E-state index in [9.17, 15) is 39.6 Å². The van der Waals surface area contributed by atoms with E-state index in [4.69, 9.17) is 28.3 Å². The van der Waals surface area contributed by atoms with Crippen molar-refractivity contribution in [1.82, 2.24) is 9.88 Å². The van der Waals surface area contributed by atoms with Gasteiger partial charge in [0.25, 0.3) is 5.91 Å². The van der Waals surface area contributed by atoms with Crippen molar-refractivity contribution < 1.29 is 53.4 Å². The predicted octanol–water partition coefficient (Wildman–Crippen LogP) is 5.09. The summed E-state index contributed by atoms with van der Waals surface area (Å²) >= 11 is 0. The topological polar surface area (TPSA) is 231 Å². The molecule has 0 unspecified atom stereocenters. The number of hydrogen-bond acceptors (Lipinski definition) is 16. The zero-order valence-corrected chi connectivity index (χ0v) is 39.9. The molecule has 4 heterocycles. The molecule has 0 aliphatic carbocycles. The lowest BCUT2D eigenvalue weighted by Gasteiger charge is -2.38. The maximum atomic E-state index is 14.9. The van der Waals surface area contributed by atoms with E-state index in [0.717, 1.165) is 12.8 Å². The molecule has 1 fully saturated rings. The first-order chi connectivity index (χ1) is 31.6. The van der Waals surface area contributed by atoms with Gasteiger partial charge in [-0.25, -0.2) is 4.98 Å². The first-order valence-electron chi connectivity index (χ1n) is 22.6. The molecule has 0 radical (unpaired) electrons. The van der Waals surface area contributed by atoms with E-state index < -0.39 is 88.1 Å². The van der Waals surface area contributed by atoms with E-state index in [1.807, 2.05) is 14.1 Å². The van der Waals surface area contributed by atoms with Gasteiger partial charge in [0.05, 0.1) is 35.2 Å². The maximum absolute atomic E-state index is 14.9. The van der Waals surface area contributed by atoms with E-state index in [-0.39, 0.29) is 60.8 Å². The molecule has 3 aromatic carbocycles. The van der Waals surface area contributed by atoms with Crippen LogP contribution in [0.1, 0.15) is 66.9 Å². The van der Waals surface area contributed by atoms with Crippen molar-refractivity contribution in [2.24, 2.45) is 23.7 Å². The number of piperidine rings is 1. The van der Waals surface area contributed by atoms with Crippen LogP contribution < -0.4 is 31.0 Å². The van der Waals surface area contributed by atoms with Crippen LogP contribution in [0.15, 0.2) is 62.3 Å². The standard InChI is InChI=1S/C50H62N4O13/c1-23-13-12-14-24(2)49(62)52-40-44(60)36-35(39-47(40)66-34-22-31(21-32(56)38(34)51-39)54-18-15-30(16-19-54)53(9)10)37-46(28(6)43(36)59)67-50(8,48(37)61)64-20-17-33(63-11)25(3)45(65-29(7)55)27(5)42(58)26(4)41(23)57/h12-14,17,20-23,25-27,30,33,41-42,45,57-59,61H,15-16,18-19H2,1-11H3,(H,52,62)/b13-12-,20-17-,24-14-/t23-,25+,26+,27+,33-,41-,42+,45+,50-/m0/s1. The van der Waals surface area contributed by atoms with Gasteiger partial charge in [-0.05, 0) is 46.9 Å². The number of allylic oxidation sites excluding steroid dienone is 2. The van der Waals surface area contributed by atoms with Gasteiger partial charge in [-0.15, -0.1) is 0 Å². The van der Waals surface area contributed by atoms with E-state index >= 15 is 0 Å². The van der Waals surface area contributed by atoms with Gasteiger partial charge in [0, 0.05) is 98.1 Å². The zero-order chi connectivity index (χ0) is 49.0. The molecule has 360 valence electrons. The Morgan fingerprint density at radius 1 is 0.955 bits per heavy atom. The highest BCUT2D eigenvalue weighted by Gasteiger charge is 2.44. The van der Waals surface area contributed by atoms with Gasteiger partial charge in [-0.1, -0.05) is 45.9 Å². The van der Waals surface area contributed by atoms with E-state index in [0.29, 0.717) is 24.8 Å². The molecule has 67 heavy (non-hydrogen) atoms. The molecule has 1 saturated heterocycles. The molecule has 4 aromatic rings. The number of phenolic OH excluding ortho intramolecular Hbond substituents is 1. The highest BCUT2D eigenvalue weighted by atomic mass is 16.7. The highest BCUT2D eigenvalue weighted by molar-refractivity contribution is 6.16. The van der Waals surface area contributed by atoms with Gasteiger partial charge in [0.1, 0.15) is 28.8 Å². The molecule has 0 saturated carbocycles. The van der Waals surface area contributed by atoms with Crippen LogP contribution in [-0.2, 0) is 23.8 Å². The van der Waals surface area contributed by atoms with Crippen LogP contribution in [0.2, 0.25) is 0 Å². The van der Waals surface area contributed by atoms with E-state index in [1.165, 1.54) is 59.3 Å². The molecule has 9 atom stereocenters. The molecule has 1 amide bonds. The molecular weight excluding hydrogens is 865 g/mol. The lowest BCUT2D eigenvalue weighted by atomic mass is 9.78. The molecular formula is C50H62N4O13. The van der Waals surface area contributed by atoms with Crippen LogP contribution in [0.25, 0.3) is 38.7 Å². The summed E-state index contributed by atoms with van der Waals surface area (Å²) in [6.07, 6.45) is 5.30. The van der Waals surface area contributed by atoms with Gasteiger partial charge in [-0.3, -0.25) is 19.2 Å². The lowest BCUT2D eigenvalue weighted by Crippen LogP contribution is -2.46. The predicted molar refractivity (Wildman–Crippen MR) is 254 cm³/mol. The molecule has 3 aliphatic heterocycles. The number of ether oxygens (including phenoxy) is 4. The minimum atomic E-state index is -1.98. The van der Waals surface area contributed by atoms with Crippen molar-refractivity contribution in [3.05, 3.63) is 79.5 Å². The van der Waals surface area contributed by atoms with Crippen LogP contribution in [0.4, 0.5) is 11.4 Å². The number of phenols is 1. The van der Waals surface area contributed by atoms with Crippen LogP contribution in [0.3, 0.4) is 0 Å². The second kappa shape index (κ2) is 18.9. The Morgan fingerprint density at radius 2 is 1.64 bits per heavy atom. The quantitative estimate of drug-likeness (QED) is 0.102. The molecule has 1 aromatic heterocycles. The molecule has 4 bridgehead atoms. The number of carbonyl (C=O) groups excluding carboxylic acids is 2. The Bertz CT molecular complexity index is 2880. The number of esters is 1. The average molecular weight is 927 g/mol. The SMILES string of the molecule is CO[C@H]1/C=C\O[C@@]2(C)Oc3c(C)c(O)c4c(=O)c(c5oc6cc(N7CCC(N(C)C)CC7)cc(=O)c6nc5c4c3=C2O)NC(=O)/C(C)=C\C=C/[C@H](C)[C@H](O)[C@@H](C)[C@@H](O)[C@@H](C)[C@H](OC(C)=O)[C@@H]1C. The highest BCUT2D eigenvalue weighted by Crippen LogP contribution is 2.42. The first-order valence-corrected chi connectivity index (χ1v) is 22.6. The van der Waals surface area contributed by atoms with E-state index in [1.54, 1.807) is 45.9 Å². The molecule has 17 heteroatoms. The van der Waals surface area contributed by atoms with Crippen molar-refractivity contribution in [1.29, 1.82) is 0 Å². The third-order valence-electron chi connectivity index (χ3n) is 14.0. The average Bonchev–Trinajstić information content (AvgIpc) is 3.56. The molecule has 5 N–H and O–H groups in total. The summed E-state index contributed by atoms with van der Waals surface area (Å²) in [5, 5.41) is 49.3. The number of nitrogens with one attached hydrogen (secondary N) is 1. The summed E-state index contributed by atoms with van der Waals surface area (Å²) in [4.78, 5) is 64.4. The third-order valence-corrected chi connectivity index (χ3v) is 14.0. The number of methoxy groups -OCH3 is 1. The maximum Gasteiger partial charge on any atom is 0.307 e. The first kappa shape index (κ1) is 48.9. The van der Waals surface area contributed by atoms with Gasteiger partial charge >= 0.3 is 11.8 Å². The van der Waals surface area contributed by atoms with Crippen molar-refractivity contribution in [2.45, 2.75) is 104 Å². The number of nitrogens with zero attached hydrogens (tertiary/aromatic N) is 3. The fourth-order valence-electron chi connectivity index (χ4n) is 9.70. The van der Waals surface area contributed by atoms with Gasteiger partial charge in [0.15, 0.2) is 22.4 Å². The lowest BCUT2D eigenvalue weighted by molar-refractivity contribution is -0.160. The monoisotopic (exact) mass is 926 g/mol. The van der Waals surface area contributed by atoms with Crippen LogP contribution in [-0.4, -0.2) is 113 Å². The summed E-state index contributed by atoms with van der Waals surface area (Å²) in [5.74, 6) is -6.93. The molecule has 3 aliphatic rings. The Labute approximate surface area is 387 Å². The molecule has 0 spiro atoms. The third kappa shape index (κ3) is 8.97. The fraction of sp³-hybridized carbons (Fsp3) is 0.500. The Hall–Kier alpha value is -6.01. The van der Waals surface area contributed by atoms with Gasteiger partial charge < -0.3 is 58.9 Å². The number of benzene rings is 3. The summed E-state index contributed by atoms with van der Waals surface area (Å²) in [5.41, 5.74) is -1.35. The normalized spacial score (nSPS) is 29.8. The summed E-state index contributed by atoms with van der Waals surface area (Å²) in [6.45, 7) is 14.0. The fourth-order valence-corrected chi connectivity index (χ4v) is 9.70. The van der Waals surface area contributed by atoms with Crippen LogP contribution in [0, 0.1) is 30.6 Å². The number of fused-ring (bicyclic) bond motifs is 2. The minimum Gasteiger partial charge on any atom is -0.507 e. The zero-order valence-electron chi connectivity index (χ0n) is 39.9. The number of carbonyl (C=O) groups is 2. The Kier molecular flexibility index (Phi) is 13.8. The number of anilines is 2. The number of amides is 1. The second-order valence-electron chi connectivity index (χ2n) is 18.7. The summed E-state index contributed by atoms with van der Waals surface area (Å²) < 4.78 is 30.5. The van der Waals surface area contributed by atoms with Crippen molar-refractivity contribution >= 4 is 62.0 Å². The molecule has 7 rings (SSSR count). The Morgan fingerprint density at radius 3 is 2.28 bits per heavy atom. The van der Waals surface area contributed by atoms with Crippen LogP contribution in [0.5, 0.6) is 11.5 Å². The smallest absolute Gasteiger partial charge is 0.307 e. The van der Waals surface area contributed by atoms with Crippen molar-refractivity contribution in [2.75, 3.05) is 44.5 Å². The van der Waals surface area contributed by atoms with Crippen molar-refractivity contribution in [3.8, 4) is 11.5 Å². The number of aromatic hydroxyl groups is 1.